The van der Waals surface area contributed by atoms with Crippen molar-refractivity contribution in [2.75, 3.05) is 7.11 Å². The number of dihydropyridines is 1. The average Bonchev–Trinajstić information content (AvgIpc) is 3.30. The molecule has 0 amide bonds. The van der Waals surface area contributed by atoms with Crippen LogP contribution >= 0.6 is 34.5 Å². The lowest BCUT2D eigenvalue weighted by Crippen LogP contribution is -2.30. The molecule has 1 unspecified atom stereocenters. The summed E-state index contributed by atoms with van der Waals surface area (Å²) >= 11 is 13.6. The first-order chi connectivity index (χ1) is 11.0. The van der Waals surface area contributed by atoms with Crippen molar-refractivity contribution in [2.24, 2.45) is 5.92 Å². The van der Waals surface area contributed by atoms with E-state index in [0.717, 1.165) is 24.2 Å². The number of nitrogens with zero attached hydrogens (tertiary/aromatic N) is 1. The fourth-order valence-electron chi connectivity index (χ4n) is 2.89. The van der Waals surface area contributed by atoms with Crippen LogP contribution in [0.5, 0.6) is 0 Å². The van der Waals surface area contributed by atoms with Gasteiger partial charge in [-0.05, 0) is 37.3 Å². The van der Waals surface area contributed by atoms with Crippen molar-refractivity contribution in [3.05, 3.63) is 42.8 Å². The fourth-order valence-corrected chi connectivity index (χ4v) is 4.43. The number of allylic oxidation sites excluding steroid dienone is 3. The second kappa shape index (κ2) is 6.20. The molecule has 1 N–H and O–H groups in total. The maximum atomic E-state index is 12.5. The molecule has 23 heavy (non-hydrogen) atoms. The highest BCUT2D eigenvalue weighted by molar-refractivity contribution is 7.20. The van der Waals surface area contributed by atoms with Crippen molar-refractivity contribution < 1.29 is 9.53 Å². The molecule has 0 radical (unpaired) electrons. The van der Waals surface area contributed by atoms with Gasteiger partial charge in [-0.1, -0.05) is 23.2 Å². The van der Waals surface area contributed by atoms with E-state index in [-0.39, 0.29) is 0 Å². The first-order valence-electron chi connectivity index (χ1n) is 7.12. The van der Waals surface area contributed by atoms with Crippen molar-refractivity contribution >= 4 is 40.5 Å². The summed E-state index contributed by atoms with van der Waals surface area (Å²) in [4.78, 5) is 12.5. The lowest BCUT2D eigenvalue weighted by Gasteiger charge is -2.29. The van der Waals surface area contributed by atoms with Crippen molar-refractivity contribution in [3.63, 3.8) is 0 Å². The highest BCUT2D eigenvalue weighted by Gasteiger charge is 2.41. The van der Waals surface area contributed by atoms with Crippen LogP contribution in [0.15, 0.2) is 28.6 Å². The number of nitriles is 1. The third kappa shape index (κ3) is 2.87. The smallest absolute Gasteiger partial charge is 0.336 e. The number of carbonyl (C=O) groups excluding carboxylic acids is 1. The van der Waals surface area contributed by atoms with Crippen LogP contribution in [0.1, 0.15) is 31.2 Å². The van der Waals surface area contributed by atoms with Crippen LogP contribution in [0.3, 0.4) is 0 Å². The molecule has 2 aliphatic rings. The molecule has 0 saturated heterocycles. The van der Waals surface area contributed by atoms with Crippen LogP contribution < -0.4 is 5.32 Å². The third-order valence-electron chi connectivity index (χ3n) is 4.10. The van der Waals surface area contributed by atoms with Crippen molar-refractivity contribution in [1.82, 2.24) is 5.32 Å². The number of hydrogen-bond donors (Lipinski definition) is 1. The van der Waals surface area contributed by atoms with Crippen LogP contribution in [0, 0.1) is 17.2 Å². The first-order valence-corrected chi connectivity index (χ1v) is 8.70. The maximum Gasteiger partial charge on any atom is 0.336 e. The molecule has 7 heteroatoms. The Morgan fingerprint density at radius 2 is 2.17 bits per heavy atom. The molecule has 1 fully saturated rings. The summed E-state index contributed by atoms with van der Waals surface area (Å²) in [5, 5.41) is 12.8. The average molecular weight is 369 g/mol. The normalized spacial score (nSPS) is 21.1. The van der Waals surface area contributed by atoms with Crippen LogP contribution in [0.2, 0.25) is 8.67 Å². The minimum Gasteiger partial charge on any atom is -0.466 e. The largest absolute Gasteiger partial charge is 0.466 e. The van der Waals surface area contributed by atoms with Gasteiger partial charge in [-0.2, -0.15) is 5.26 Å². The van der Waals surface area contributed by atoms with Crippen LogP contribution in [0.4, 0.5) is 0 Å². The molecular formula is C16H14Cl2N2O2S. The number of ether oxygens (including phenoxy) is 1. The topological polar surface area (TPSA) is 62.1 Å². The van der Waals surface area contributed by atoms with E-state index in [1.807, 2.05) is 6.92 Å². The summed E-state index contributed by atoms with van der Waals surface area (Å²) in [7, 11) is 1.34. The summed E-state index contributed by atoms with van der Waals surface area (Å²) in [5.41, 5.74) is 3.19. The van der Waals surface area contributed by atoms with Gasteiger partial charge in [0.05, 0.1) is 38.9 Å². The second-order valence-electron chi connectivity index (χ2n) is 5.58. The Morgan fingerprint density at radius 1 is 1.48 bits per heavy atom. The molecule has 0 spiro atoms. The van der Waals surface area contributed by atoms with Gasteiger partial charge in [0.25, 0.3) is 0 Å². The molecular weight excluding hydrogens is 355 g/mol. The number of thiophene rings is 1. The van der Waals surface area contributed by atoms with Gasteiger partial charge >= 0.3 is 5.97 Å². The molecule has 1 aromatic rings. The van der Waals surface area contributed by atoms with Crippen LogP contribution in [-0.2, 0) is 9.53 Å². The second-order valence-corrected chi connectivity index (χ2v) is 7.87. The zero-order valence-electron chi connectivity index (χ0n) is 12.6. The van der Waals surface area contributed by atoms with Gasteiger partial charge < -0.3 is 10.1 Å². The molecule has 1 aromatic heterocycles. The van der Waals surface area contributed by atoms with E-state index in [1.54, 1.807) is 6.07 Å². The number of halogens is 2. The van der Waals surface area contributed by atoms with Gasteiger partial charge in [-0.3, -0.25) is 0 Å². The van der Waals surface area contributed by atoms with Crippen molar-refractivity contribution in [2.45, 2.75) is 25.7 Å². The molecule has 4 nitrogen and oxygen atoms in total. The summed E-state index contributed by atoms with van der Waals surface area (Å²) < 4.78 is 5.99. The monoisotopic (exact) mass is 368 g/mol. The molecule has 3 rings (SSSR count). The molecule has 1 aliphatic heterocycles. The maximum absolute atomic E-state index is 12.5. The minimum atomic E-state index is -0.541. The van der Waals surface area contributed by atoms with E-state index in [2.05, 4.69) is 11.4 Å². The Morgan fingerprint density at radius 3 is 2.65 bits per heavy atom. The number of hydrogen-bond acceptors (Lipinski definition) is 5. The van der Waals surface area contributed by atoms with E-state index in [9.17, 15) is 10.1 Å². The van der Waals surface area contributed by atoms with Gasteiger partial charge in [0.15, 0.2) is 0 Å². The van der Waals surface area contributed by atoms with Gasteiger partial charge in [0, 0.05) is 11.4 Å². The molecule has 1 saturated carbocycles. The Bertz CT molecular complexity index is 784. The van der Waals surface area contributed by atoms with E-state index in [4.69, 9.17) is 27.9 Å². The summed E-state index contributed by atoms with van der Waals surface area (Å²) in [6.45, 7) is 1.84. The van der Waals surface area contributed by atoms with Crippen LogP contribution in [-0.4, -0.2) is 13.1 Å². The van der Waals surface area contributed by atoms with Gasteiger partial charge in [-0.25, -0.2) is 4.79 Å². The highest BCUT2D eigenvalue weighted by atomic mass is 35.5. The molecule has 1 aliphatic carbocycles. The minimum absolute atomic E-state index is 0.301. The molecule has 120 valence electrons. The van der Waals surface area contributed by atoms with Crippen LogP contribution in [0.25, 0.3) is 0 Å². The zero-order valence-corrected chi connectivity index (χ0v) is 14.9. The van der Waals surface area contributed by atoms with Crippen molar-refractivity contribution in [3.8, 4) is 6.07 Å². The zero-order chi connectivity index (χ0) is 16.7. The Hall–Kier alpha value is -1.48. The number of carbonyl (C=O) groups is 1. The van der Waals surface area contributed by atoms with Crippen molar-refractivity contribution in [1.29, 1.82) is 5.26 Å². The predicted molar refractivity (Wildman–Crippen MR) is 90.3 cm³/mol. The number of rotatable bonds is 3. The van der Waals surface area contributed by atoms with E-state index in [1.165, 1.54) is 18.4 Å². The van der Waals surface area contributed by atoms with Gasteiger partial charge in [0.1, 0.15) is 0 Å². The summed E-state index contributed by atoms with van der Waals surface area (Å²) in [6, 6.07) is 3.93. The quantitative estimate of drug-likeness (QED) is 0.804. The Balaban J connectivity index is 2.23. The van der Waals surface area contributed by atoms with Gasteiger partial charge in [-0.15, -0.1) is 11.3 Å². The molecule has 0 bridgehead atoms. The Kier molecular flexibility index (Phi) is 4.41. The standard InChI is InChI=1S/C16H14Cl2N2O2S/c1-7-10(6-19)12(9-5-11(17)23-15(9)18)13(16(21)22-2)14(20-7)8-3-4-8/h5,8,12,20H,3-4H2,1-2H3. The van der Waals surface area contributed by atoms with E-state index in [0.29, 0.717) is 31.3 Å². The fraction of sp³-hybridized carbons (Fsp3) is 0.375. The molecule has 1 atom stereocenters. The number of nitrogens with one attached hydrogen (secondary N) is 1. The summed E-state index contributed by atoms with van der Waals surface area (Å²) in [5.74, 6) is -0.682. The highest BCUT2D eigenvalue weighted by Crippen LogP contribution is 2.48. The lowest BCUT2D eigenvalue weighted by atomic mass is 9.81. The molecule has 0 aromatic carbocycles. The van der Waals surface area contributed by atoms with E-state index < -0.39 is 11.9 Å². The Labute approximate surface area is 148 Å². The van der Waals surface area contributed by atoms with E-state index >= 15 is 0 Å². The number of esters is 1. The predicted octanol–water partition coefficient (Wildman–Crippen LogP) is 4.38. The first kappa shape index (κ1) is 16.4. The molecule has 2 heterocycles. The number of methoxy groups -OCH3 is 1. The lowest BCUT2D eigenvalue weighted by molar-refractivity contribution is -0.136. The van der Waals surface area contributed by atoms with Gasteiger partial charge in [0.2, 0.25) is 0 Å². The SMILES string of the molecule is COC(=O)C1=C(C2CC2)NC(C)=C(C#N)C1c1cc(Cl)sc1Cl. The third-order valence-corrected chi connectivity index (χ3v) is 5.62. The summed E-state index contributed by atoms with van der Waals surface area (Å²) in [6.07, 6.45) is 2.03.